The molecule has 0 saturated heterocycles. The molecular weight excluding hydrogens is 268 g/mol. The van der Waals surface area contributed by atoms with Crippen LogP contribution >= 0.6 is 0 Å². The molecule has 1 heterocycles. The van der Waals surface area contributed by atoms with Gasteiger partial charge in [-0.25, -0.2) is 0 Å². The van der Waals surface area contributed by atoms with Gasteiger partial charge >= 0.3 is 0 Å². The van der Waals surface area contributed by atoms with E-state index in [0.29, 0.717) is 25.3 Å². The normalized spacial score (nSPS) is 13.3. The van der Waals surface area contributed by atoms with E-state index in [4.69, 9.17) is 13.9 Å². The molecule has 0 saturated carbocycles. The molecule has 1 rings (SSSR count). The fourth-order valence-electron chi connectivity index (χ4n) is 2.19. The van der Waals surface area contributed by atoms with Crippen molar-refractivity contribution in [3.8, 4) is 0 Å². The van der Waals surface area contributed by atoms with Gasteiger partial charge in [-0.3, -0.25) is 4.90 Å². The minimum absolute atomic E-state index is 0.339. The van der Waals surface area contributed by atoms with E-state index in [-0.39, 0.29) is 0 Å². The standard InChI is InChI=1S/C16H30N2O3/c1-13(2)17-10-16-15(6-8-21-16)11-18(7-9-19-4)14(3)12-20-5/h6,8,13-14,17H,7,9-12H2,1-5H3. The summed E-state index contributed by atoms with van der Waals surface area (Å²) in [4.78, 5) is 2.36. The molecule has 0 amide bonds. The van der Waals surface area contributed by atoms with Crippen LogP contribution in [-0.4, -0.2) is 51.0 Å². The lowest BCUT2D eigenvalue weighted by Crippen LogP contribution is -2.38. The molecule has 1 unspecified atom stereocenters. The van der Waals surface area contributed by atoms with E-state index < -0.39 is 0 Å². The van der Waals surface area contributed by atoms with Crippen LogP contribution in [0.2, 0.25) is 0 Å². The van der Waals surface area contributed by atoms with Crippen LogP contribution in [0.15, 0.2) is 16.7 Å². The van der Waals surface area contributed by atoms with Gasteiger partial charge in [0, 0.05) is 45.0 Å². The van der Waals surface area contributed by atoms with Crippen molar-refractivity contribution in [3.05, 3.63) is 23.7 Å². The van der Waals surface area contributed by atoms with Crippen molar-refractivity contribution in [1.82, 2.24) is 10.2 Å². The lowest BCUT2D eigenvalue weighted by molar-refractivity contribution is 0.0701. The summed E-state index contributed by atoms with van der Waals surface area (Å²) >= 11 is 0. The smallest absolute Gasteiger partial charge is 0.122 e. The van der Waals surface area contributed by atoms with Crippen molar-refractivity contribution in [2.75, 3.05) is 34.0 Å². The molecular formula is C16H30N2O3. The average Bonchev–Trinajstić information content (AvgIpc) is 2.88. The highest BCUT2D eigenvalue weighted by Gasteiger charge is 2.17. The minimum atomic E-state index is 0.339. The maximum absolute atomic E-state index is 5.61. The SMILES string of the molecule is COCCN(Cc1ccoc1CNC(C)C)C(C)COC. The molecule has 0 bridgehead atoms. The summed E-state index contributed by atoms with van der Waals surface area (Å²) in [5.74, 6) is 1.01. The van der Waals surface area contributed by atoms with Crippen molar-refractivity contribution in [3.63, 3.8) is 0 Å². The average molecular weight is 298 g/mol. The van der Waals surface area contributed by atoms with Gasteiger partial charge in [0.25, 0.3) is 0 Å². The van der Waals surface area contributed by atoms with Crippen LogP contribution in [0.25, 0.3) is 0 Å². The van der Waals surface area contributed by atoms with Crippen LogP contribution in [0.1, 0.15) is 32.1 Å². The van der Waals surface area contributed by atoms with Gasteiger partial charge in [-0.05, 0) is 13.0 Å². The van der Waals surface area contributed by atoms with E-state index in [1.807, 2.05) is 0 Å². The summed E-state index contributed by atoms with van der Waals surface area (Å²) in [7, 11) is 3.47. The van der Waals surface area contributed by atoms with Crippen LogP contribution in [0.5, 0.6) is 0 Å². The Bertz CT molecular complexity index is 379. The summed E-state index contributed by atoms with van der Waals surface area (Å²) < 4.78 is 16.1. The van der Waals surface area contributed by atoms with Crippen molar-refractivity contribution < 1.29 is 13.9 Å². The van der Waals surface area contributed by atoms with Crippen LogP contribution < -0.4 is 5.32 Å². The molecule has 0 aliphatic rings. The van der Waals surface area contributed by atoms with Crippen molar-refractivity contribution in [2.24, 2.45) is 0 Å². The van der Waals surface area contributed by atoms with Gasteiger partial charge in [0.05, 0.1) is 26.0 Å². The van der Waals surface area contributed by atoms with E-state index in [2.05, 4.69) is 37.1 Å². The quantitative estimate of drug-likeness (QED) is 0.679. The lowest BCUT2D eigenvalue weighted by Gasteiger charge is -2.28. The highest BCUT2D eigenvalue weighted by molar-refractivity contribution is 5.17. The largest absolute Gasteiger partial charge is 0.468 e. The van der Waals surface area contributed by atoms with Gasteiger partial charge < -0.3 is 19.2 Å². The molecule has 0 aliphatic heterocycles. The zero-order valence-electron chi connectivity index (χ0n) is 14.0. The van der Waals surface area contributed by atoms with Crippen LogP contribution in [0.3, 0.4) is 0 Å². The second-order valence-corrected chi connectivity index (χ2v) is 5.67. The number of hydrogen-bond donors (Lipinski definition) is 1. The second-order valence-electron chi connectivity index (χ2n) is 5.67. The first-order valence-electron chi connectivity index (χ1n) is 7.59. The number of hydrogen-bond acceptors (Lipinski definition) is 5. The third-order valence-corrected chi connectivity index (χ3v) is 3.50. The molecule has 21 heavy (non-hydrogen) atoms. The van der Waals surface area contributed by atoms with E-state index in [1.54, 1.807) is 20.5 Å². The van der Waals surface area contributed by atoms with Gasteiger partial charge in [0.15, 0.2) is 0 Å². The first-order chi connectivity index (χ1) is 10.1. The number of ether oxygens (including phenoxy) is 2. The van der Waals surface area contributed by atoms with Crippen molar-refractivity contribution in [1.29, 1.82) is 0 Å². The Labute approximate surface area is 128 Å². The molecule has 1 atom stereocenters. The Hall–Kier alpha value is -0.880. The molecule has 1 N–H and O–H groups in total. The van der Waals surface area contributed by atoms with E-state index in [9.17, 15) is 0 Å². The molecule has 0 radical (unpaired) electrons. The van der Waals surface area contributed by atoms with Gasteiger partial charge in [-0.1, -0.05) is 13.8 Å². The lowest BCUT2D eigenvalue weighted by atomic mass is 10.2. The number of nitrogens with one attached hydrogen (secondary N) is 1. The Balaban J connectivity index is 2.66. The molecule has 0 aliphatic carbocycles. The number of nitrogens with zero attached hydrogens (tertiary/aromatic N) is 1. The van der Waals surface area contributed by atoms with Gasteiger partial charge in [0.2, 0.25) is 0 Å². The zero-order valence-corrected chi connectivity index (χ0v) is 14.0. The monoisotopic (exact) mass is 298 g/mol. The van der Waals surface area contributed by atoms with Crippen molar-refractivity contribution in [2.45, 2.75) is 45.9 Å². The molecule has 5 heteroatoms. The van der Waals surface area contributed by atoms with Crippen LogP contribution in [0.4, 0.5) is 0 Å². The molecule has 1 aromatic heterocycles. The fraction of sp³-hybridized carbons (Fsp3) is 0.750. The van der Waals surface area contributed by atoms with Gasteiger partial charge in [-0.2, -0.15) is 0 Å². The number of rotatable bonds is 11. The summed E-state index contributed by atoms with van der Waals surface area (Å²) in [6.45, 7) is 10.3. The number of methoxy groups -OCH3 is 2. The highest BCUT2D eigenvalue weighted by atomic mass is 16.5. The fourth-order valence-corrected chi connectivity index (χ4v) is 2.19. The second kappa shape index (κ2) is 9.95. The Morgan fingerprint density at radius 3 is 2.62 bits per heavy atom. The van der Waals surface area contributed by atoms with Crippen molar-refractivity contribution >= 4 is 0 Å². The van der Waals surface area contributed by atoms with E-state index in [1.165, 1.54) is 5.56 Å². The van der Waals surface area contributed by atoms with Crippen LogP contribution in [0, 0.1) is 0 Å². The minimum Gasteiger partial charge on any atom is -0.468 e. The molecule has 0 fully saturated rings. The Kier molecular flexibility index (Phi) is 8.61. The molecule has 0 spiro atoms. The van der Waals surface area contributed by atoms with Gasteiger partial charge in [-0.15, -0.1) is 0 Å². The highest BCUT2D eigenvalue weighted by Crippen LogP contribution is 2.15. The first kappa shape index (κ1) is 18.2. The van der Waals surface area contributed by atoms with E-state index >= 15 is 0 Å². The molecule has 1 aromatic rings. The number of furan rings is 1. The zero-order chi connectivity index (χ0) is 15.7. The molecule has 122 valence electrons. The van der Waals surface area contributed by atoms with Gasteiger partial charge in [0.1, 0.15) is 5.76 Å². The third-order valence-electron chi connectivity index (χ3n) is 3.50. The maximum Gasteiger partial charge on any atom is 0.122 e. The predicted octanol–water partition coefficient (Wildman–Crippen LogP) is 2.26. The summed E-state index contributed by atoms with van der Waals surface area (Å²) in [6, 6.07) is 2.84. The van der Waals surface area contributed by atoms with Crippen LogP contribution in [-0.2, 0) is 22.6 Å². The third kappa shape index (κ3) is 6.61. The first-order valence-corrected chi connectivity index (χ1v) is 7.59. The predicted molar refractivity (Wildman–Crippen MR) is 84.3 cm³/mol. The topological polar surface area (TPSA) is 46.9 Å². The maximum atomic E-state index is 5.61. The Morgan fingerprint density at radius 2 is 2.00 bits per heavy atom. The molecule has 5 nitrogen and oxygen atoms in total. The Morgan fingerprint density at radius 1 is 1.24 bits per heavy atom. The van der Waals surface area contributed by atoms with E-state index in [0.717, 1.165) is 25.4 Å². The summed E-state index contributed by atoms with van der Waals surface area (Å²) in [6.07, 6.45) is 1.77. The molecule has 0 aromatic carbocycles. The summed E-state index contributed by atoms with van der Waals surface area (Å²) in [5, 5.41) is 3.40. The summed E-state index contributed by atoms with van der Waals surface area (Å²) in [5.41, 5.74) is 1.22.